The number of benzene rings is 1. The van der Waals surface area contributed by atoms with Gasteiger partial charge in [-0.3, -0.25) is 0 Å². The quantitative estimate of drug-likeness (QED) is 0.325. The SMILES string of the molecule is CCOC(=O)C=C(C)C=CC=C(C)C=Cc1c(OC)cc(OC)c(Cl)c1C. The van der Waals surface area contributed by atoms with Crippen molar-refractivity contribution in [2.75, 3.05) is 20.8 Å². The van der Waals surface area contributed by atoms with Crippen LogP contribution in [-0.2, 0) is 9.53 Å². The van der Waals surface area contributed by atoms with Crippen molar-refractivity contribution in [3.8, 4) is 11.5 Å². The number of hydrogen-bond acceptors (Lipinski definition) is 4. The van der Waals surface area contributed by atoms with Gasteiger partial charge in [-0.1, -0.05) is 47.6 Å². The number of rotatable bonds is 8. The zero-order valence-electron chi connectivity index (χ0n) is 16.8. The number of allylic oxidation sites excluding steroid dienone is 6. The summed E-state index contributed by atoms with van der Waals surface area (Å²) in [5.74, 6) is 0.947. The molecule has 0 bridgehead atoms. The lowest BCUT2D eigenvalue weighted by Gasteiger charge is -2.13. The summed E-state index contributed by atoms with van der Waals surface area (Å²) in [5, 5.41) is 0.569. The van der Waals surface area contributed by atoms with Crippen molar-refractivity contribution in [1.29, 1.82) is 0 Å². The Hall–Kier alpha value is -2.46. The molecule has 0 aromatic heterocycles. The van der Waals surface area contributed by atoms with Crippen LogP contribution in [0.3, 0.4) is 0 Å². The summed E-state index contributed by atoms with van der Waals surface area (Å²) in [7, 11) is 3.19. The minimum absolute atomic E-state index is 0.334. The fraction of sp³-hybridized carbons (Fsp3) is 0.318. The standard InChI is InChI=1S/C22H27ClO4/c1-7-27-21(24)13-16(3)10-8-9-15(2)11-12-18-17(4)22(23)20(26-6)14-19(18)25-5/h8-14H,7H2,1-6H3. The van der Waals surface area contributed by atoms with E-state index in [1.165, 1.54) is 6.08 Å². The van der Waals surface area contributed by atoms with Gasteiger partial charge < -0.3 is 14.2 Å². The van der Waals surface area contributed by atoms with Gasteiger partial charge in [0.25, 0.3) is 0 Å². The Kier molecular flexibility index (Phi) is 9.45. The van der Waals surface area contributed by atoms with E-state index in [0.717, 1.165) is 22.3 Å². The third-order valence-electron chi connectivity index (χ3n) is 3.78. The summed E-state index contributed by atoms with van der Waals surface area (Å²) in [4.78, 5) is 11.4. The normalized spacial score (nSPS) is 12.7. The van der Waals surface area contributed by atoms with Crippen LogP contribution in [0.1, 0.15) is 31.9 Å². The van der Waals surface area contributed by atoms with E-state index in [9.17, 15) is 4.79 Å². The smallest absolute Gasteiger partial charge is 0.330 e. The maximum absolute atomic E-state index is 11.4. The summed E-state index contributed by atoms with van der Waals surface area (Å²) in [6.07, 6.45) is 11.1. The first-order valence-corrected chi connectivity index (χ1v) is 9.01. The van der Waals surface area contributed by atoms with Crippen molar-refractivity contribution in [2.45, 2.75) is 27.7 Å². The molecule has 146 valence electrons. The van der Waals surface area contributed by atoms with Crippen molar-refractivity contribution in [1.82, 2.24) is 0 Å². The van der Waals surface area contributed by atoms with Crippen molar-refractivity contribution in [3.05, 3.63) is 63.7 Å². The zero-order valence-corrected chi connectivity index (χ0v) is 17.5. The number of ether oxygens (including phenoxy) is 3. The molecule has 0 aliphatic carbocycles. The first-order valence-electron chi connectivity index (χ1n) is 8.63. The molecule has 0 unspecified atom stereocenters. The molecule has 1 aromatic carbocycles. The predicted octanol–water partition coefficient (Wildman–Crippen LogP) is 5.69. The molecule has 27 heavy (non-hydrogen) atoms. The lowest BCUT2D eigenvalue weighted by Crippen LogP contribution is -1.99. The summed E-state index contributed by atoms with van der Waals surface area (Å²) in [6.45, 7) is 7.91. The highest BCUT2D eigenvalue weighted by atomic mass is 35.5. The van der Waals surface area contributed by atoms with Gasteiger partial charge in [-0.2, -0.15) is 0 Å². The van der Waals surface area contributed by atoms with E-state index in [-0.39, 0.29) is 5.97 Å². The molecule has 0 heterocycles. The summed E-state index contributed by atoms with van der Waals surface area (Å²) in [5.41, 5.74) is 3.64. The molecular formula is C22H27ClO4. The van der Waals surface area contributed by atoms with Crippen molar-refractivity contribution in [2.24, 2.45) is 0 Å². The fourth-order valence-corrected chi connectivity index (χ4v) is 2.55. The minimum atomic E-state index is -0.334. The second-order valence-corrected chi connectivity index (χ2v) is 6.26. The van der Waals surface area contributed by atoms with Gasteiger partial charge in [0, 0.05) is 17.7 Å². The molecule has 0 aliphatic rings. The van der Waals surface area contributed by atoms with E-state index in [2.05, 4.69) is 0 Å². The van der Waals surface area contributed by atoms with Crippen LogP contribution in [0.25, 0.3) is 6.08 Å². The van der Waals surface area contributed by atoms with Gasteiger partial charge in [-0.15, -0.1) is 0 Å². The molecule has 0 N–H and O–H groups in total. The Morgan fingerprint density at radius 2 is 1.78 bits per heavy atom. The number of methoxy groups -OCH3 is 2. The number of hydrogen-bond donors (Lipinski definition) is 0. The lowest BCUT2D eigenvalue weighted by molar-refractivity contribution is -0.137. The molecular weight excluding hydrogens is 364 g/mol. The van der Waals surface area contributed by atoms with Crippen molar-refractivity contribution >= 4 is 23.6 Å². The van der Waals surface area contributed by atoms with Gasteiger partial charge in [0.15, 0.2) is 0 Å². The van der Waals surface area contributed by atoms with E-state index < -0.39 is 0 Å². The van der Waals surface area contributed by atoms with Gasteiger partial charge in [0.2, 0.25) is 0 Å². The Morgan fingerprint density at radius 1 is 1.11 bits per heavy atom. The summed E-state index contributed by atoms with van der Waals surface area (Å²) >= 11 is 6.34. The van der Waals surface area contributed by atoms with Crippen LogP contribution in [0.2, 0.25) is 5.02 Å². The molecule has 1 rings (SSSR count). The first-order chi connectivity index (χ1) is 12.8. The average Bonchev–Trinajstić information content (AvgIpc) is 2.62. The molecule has 0 spiro atoms. The van der Waals surface area contributed by atoms with Crippen LogP contribution >= 0.6 is 11.6 Å². The second kappa shape index (κ2) is 11.3. The molecule has 5 heteroatoms. The Labute approximate surface area is 166 Å². The molecule has 0 amide bonds. The summed E-state index contributed by atoms with van der Waals surface area (Å²) in [6, 6.07) is 1.78. The molecule has 0 fully saturated rings. The minimum Gasteiger partial charge on any atom is -0.496 e. The van der Waals surface area contributed by atoms with E-state index in [4.69, 9.17) is 25.8 Å². The number of carbonyl (C=O) groups is 1. The molecule has 0 saturated heterocycles. The van der Waals surface area contributed by atoms with Crippen LogP contribution in [0.5, 0.6) is 11.5 Å². The van der Waals surface area contributed by atoms with Crippen LogP contribution in [0.4, 0.5) is 0 Å². The van der Waals surface area contributed by atoms with Crippen molar-refractivity contribution in [3.63, 3.8) is 0 Å². The monoisotopic (exact) mass is 390 g/mol. The lowest BCUT2D eigenvalue weighted by atomic mass is 10.0. The third kappa shape index (κ3) is 6.99. The average molecular weight is 391 g/mol. The first kappa shape index (κ1) is 22.6. The Morgan fingerprint density at radius 3 is 2.37 bits per heavy atom. The molecule has 0 atom stereocenters. The zero-order chi connectivity index (χ0) is 20.4. The van der Waals surface area contributed by atoms with Gasteiger partial charge >= 0.3 is 5.97 Å². The molecule has 4 nitrogen and oxygen atoms in total. The maximum atomic E-state index is 11.4. The van der Waals surface area contributed by atoms with Gasteiger partial charge in [-0.25, -0.2) is 4.79 Å². The topological polar surface area (TPSA) is 44.8 Å². The molecule has 0 radical (unpaired) electrons. The Bertz CT molecular complexity index is 786. The number of carbonyl (C=O) groups excluding carboxylic acids is 1. The van der Waals surface area contributed by atoms with E-state index in [1.54, 1.807) is 27.2 Å². The predicted molar refractivity (Wildman–Crippen MR) is 112 cm³/mol. The molecule has 0 saturated carbocycles. The highest BCUT2D eigenvalue weighted by Gasteiger charge is 2.13. The third-order valence-corrected chi connectivity index (χ3v) is 4.25. The van der Waals surface area contributed by atoms with E-state index >= 15 is 0 Å². The largest absolute Gasteiger partial charge is 0.496 e. The van der Waals surface area contributed by atoms with Crippen LogP contribution in [0, 0.1) is 6.92 Å². The van der Waals surface area contributed by atoms with Gasteiger partial charge in [0.05, 0.1) is 25.8 Å². The van der Waals surface area contributed by atoms with Crippen molar-refractivity contribution < 1.29 is 19.0 Å². The molecule has 1 aromatic rings. The van der Waals surface area contributed by atoms with E-state index in [1.807, 2.05) is 51.2 Å². The number of esters is 1. The molecule has 0 aliphatic heterocycles. The highest BCUT2D eigenvalue weighted by Crippen LogP contribution is 2.37. The van der Waals surface area contributed by atoms with Gasteiger partial charge in [-0.05, 0) is 38.8 Å². The number of halogens is 1. The maximum Gasteiger partial charge on any atom is 0.330 e. The van der Waals surface area contributed by atoms with Crippen LogP contribution in [0.15, 0.2) is 47.6 Å². The highest BCUT2D eigenvalue weighted by molar-refractivity contribution is 6.33. The Balaban J connectivity index is 2.97. The van der Waals surface area contributed by atoms with Crippen LogP contribution in [-0.4, -0.2) is 26.8 Å². The fourth-order valence-electron chi connectivity index (χ4n) is 2.31. The summed E-state index contributed by atoms with van der Waals surface area (Å²) < 4.78 is 15.6. The second-order valence-electron chi connectivity index (χ2n) is 5.88. The van der Waals surface area contributed by atoms with Crippen LogP contribution < -0.4 is 9.47 Å². The van der Waals surface area contributed by atoms with E-state index in [0.29, 0.717) is 23.1 Å². The van der Waals surface area contributed by atoms with Gasteiger partial charge in [0.1, 0.15) is 11.5 Å².